The molecule has 10 heteroatoms. The molecule has 0 atom stereocenters. The standard InChI is InChI=1S/C24H17FN2O6S/c1-13-5-6-14(23(30)31)9-18(13)19-8-7-17(33-19)11-20-22(29)27(24(32)34-20)12-21(28)26-16-4-2-3-15(25)10-16/h2-11H,12H2,1H3,(H,26,28)(H,30,31)/b20-11+. The highest BCUT2D eigenvalue weighted by molar-refractivity contribution is 8.18. The van der Waals surface area contributed by atoms with Gasteiger partial charge in [-0.2, -0.15) is 0 Å². The van der Waals surface area contributed by atoms with Crippen molar-refractivity contribution in [2.45, 2.75) is 6.92 Å². The van der Waals surface area contributed by atoms with Gasteiger partial charge in [-0.3, -0.25) is 19.3 Å². The number of carbonyl (C=O) groups is 4. The second-order valence-corrected chi connectivity index (χ2v) is 8.36. The Morgan fingerprint density at radius 3 is 2.68 bits per heavy atom. The van der Waals surface area contributed by atoms with Crippen LogP contribution in [0, 0.1) is 12.7 Å². The molecule has 1 aliphatic heterocycles. The Kier molecular flexibility index (Phi) is 6.33. The molecule has 0 bridgehead atoms. The zero-order valence-electron chi connectivity index (χ0n) is 17.7. The summed E-state index contributed by atoms with van der Waals surface area (Å²) in [5.74, 6) is -2.22. The van der Waals surface area contributed by atoms with Crippen LogP contribution in [0.5, 0.6) is 0 Å². The molecule has 1 saturated heterocycles. The van der Waals surface area contributed by atoms with E-state index in [0.717, 1.165) is 16.5 Å². The van der Waals surface area contributed by atoms with Crippen molar-refractivity contribution in [2.24, 2.45) is 0 Å². The summed E-state index contributed by atoms with van der Waals surface area (Å²) in [5.41, 5.74) is 1.70. The van der Waals surface area contributed by atoms with Crippen molar-refractivity contribution in [1.29, 1.82) is 0 Å². The number of aryl methyl sites for hydroxylation is 1. The third kappa shape index (κ3) is 4.91. The van der Waals surface area contributed by atoms with Gasteiger partial charge in [0.2, 0.25) is 5.91 Å². The second kappa shape index (κ2) is 9.36. The van der Waals surface area contributed by atoms with Gasteiger partial charge in [0.15, 0.2) is 0 Å². The second-order valence-electron chi connectivity index (χ2n) is 7.36. The highest BCUT2D eigenvalue weighted by Gasteiger charge is 2.36. The van der Waals surface area contributed by atoms with Gasteiger partial charge in [0.05, 0.1) is 10.5 Å². The number of furan rings is 1. The van der Waals surface area contributed by atoms with Gasteiger partial charge in [-0.05, 0) is 66.7 Å². The number of amides is 3. The molecule has 1 aliphatic rings. The summed E-state index contributed by atoms with van der Waals surface area (Å²) in [6.45, 7) is 1.28. The van der Waals surface area contributed by atoms with Crippen molar-refractivity contribution in [1.82, 2.24) is 4.90 Å². The molecule has 34 heavy (non-hydrogen) atoms. The number of thioether (sulfide) groups is 1. The maximum absolute atomic E-state index is 13.3. The molecular weight excluding hydrogens is 463 g/mol. The van der Waals surface area contributed by atoms with Crippen LogP contribution < -0.4 is 5.32 Å². The van der Waals surface area contributed by atoms with Crippen LogP contribution in [0.4, 0.5) is 14.9 Å². The lowest BCUT2D eigenvalue weighted by molar-refractivity contribution is -0.127. The zero-order valence-corrected chi connectivity index (χ0v) is 18.5. The molecule has 0 spiro atoms. The minimum Gasteiger partial charge on any atom is -0.478 e. The third-order valence-corrected chi connectivity index (χ3v) is 5.84. The first-order valence-corrected chi connectivity index (χ1v) is 10.8. The summed E-state index contributed by atoms with van der Waals surface area (Å²) in [7, 11) is 0. The number of carbonyl (C=O) groups excluding carboxylic acids is 3. The molecular formula is C24H17FN2O6S. The van der Waals surface area contributed by atoms with E-state index in [1.54, 1.807) is 18.2 Å². The molecule has 3 amide bonds. The van der Waals surface area contributed by atoms with Gasteiger partial charge < -0.3 is 14.8 Å². The minimum absolute atomic E-state index is 0.0699. The van der Waals surface area contributed by atoms with E-state index >= 15 is 0 Å². The summed E-state index contributed by atoms with van der Waals surface area (Å²) >= 11 is 0.663. The van der Waals surface area contributed by atoms with Crippen LogP contribution in [-0.4, -0.2) is 39.6 Å². The third-order valence-electron chi connectivity index (χ3n) is 4.93. The Labute approximate surface area is 197 Å². The number of hydrogen-bond acceptors (Lipinski definition) is 6. The summed E-state index contributed by atoms with van der Waals surface area (Å²) in [4.78, 5) is 49.3. The fourth-order valence-corrected chi connectivity index (χ4v) is 4.09. The average Bonchev–Trinajstić information content (AvgIpc) is 3.34. The van der Waals surface area contributed by atoms with Gasteiger partial charge in [-0.25, -0.2) is 9.18 Å². The maximum Gasteiger partial charge on any atom is 0.335 e. The molecule has 1 fully saturated rings. The van der Waals surface area contributed by atoms with Crippen LogP contribution >= 0.6 is 11.8 Å². The number of benzene rings is 2. The minimum atomic E-state index is -1.07. The van der Waals surface area contributed by atoms with Crippen molar-refractivity contribution in [2.75, 3.05) is 11.9 Å². The SMILES string of the molecule is Cc1ccc(C(=O)O)cc1-c1ccc(/C=C2/SC(=O)N(CC(=O)Nc3cccc(F)c3)C2=O)o1. The topological polar surface area (TPSA) is 117 Å². The Bertz CT molecular complexity index is 1360. The summed E-state index contributed by atoms with van der Waals surface area (Å²) in [5, 5.41) is 11.0. The van der Waals surface area contributed by atoms with Gasteiger partial charge in [0.25, 0.3) is 11.1 Å². The maximum atomic E-state index is 13.3. The van der Waals surface area contributed by atoms with Gasteiger partial charge >= 0.3 is 5.97 Å². The number of halogens is 1. The fourth-order valence-electron chi connectivity index (χ4n) is 3.27. The normalized spacial score (nSPS) is 14.6. The van der Waals surface area contributed by atoms with Crippen molar-refractivity contribution < 1.29 is 33.1 Å². The number of nitrogens with one attached hydrogen (secondary N) is 1. The summed E-state index contributed by atoms with van der Waals surface area (Å²) in [6.07, 6.45) is 1.38. The lowest BCUT2D eigenvalue weighted by Crippen LogP contribution is -2.36. The van der Waals surface area contributed by atoms with Crippen molar-refractivity contribution in [3.05, 3.63) is 82.2 Å². The quantitative estimate of drug-likeness (QED) is 0.488. The molecule has 172 valence electrons. The lowest BCUT2D eigenvalue weighted by Gasteiger charge is -2.12. The van der Waals surface area contributed by atoms with Crippen LogP contribution in [0.15, 0.2) is 63.9 Å². The van der Waals surface area contributed by atoms with E-state index in [0.29, 0.717) is 23.1 Å². The van der Waals surface area contributed by atoms with E-state index in [9.17, 15) is 28.7 Å². The monoisotopic (exact) mass is 480 g/mol. The zero-order chi connectivity index (χ0) is 24.4. The van der Waals surface area contributed by atoms with Crippen molar-refractivity contribution >= 4 is 46.5 Å². The molecule has 0 aliphatic carbocycles. The smallest absolute Gasteiger partial charge is 0.335 e. The average molecular weight is 480 g/mol. The number of carboxylic acid groups (broad SMARTS) is 1. The first kappa shape index (κ1) is 23.0. The number of anilines is 1. The van der Waals surface area contributed by atoms with Gasteiger partial charge in [0.1, 0.15) is 23.9 Å². The van der Waals surface area contributed by atoms with Gasteiger partial charge in [-0.1, -0.05) is 12.1 Å². The summed E-state index contributed by atoms with van der Waals surface area (Å²) < 4.78 is 19.0. The number of imide groups is 1. The Balaban J connectivity index is 1.49. The fraction of sp³-hybridized carbons (Fsp3) is 0.0833. The molecule has 3 aromatic rings. The van der Waals surface area contributed by atoms with Crippen molar-refractivity contribution in [3.8, 4) is 11.3 Å². The molecule has 0 saturated carbocycles. The molecule has 2 N–H and O–H groups in total. The van der Waals surface area contributed by atoms with E-state index in [1.165, 1.54) is 36.4 Å². The predicted octanol–water partition coefficient (Wildman–Crippen LogP) is 4.77. The number of aromatic carboxylic acids is 1. The lowest BCUT2D eigenvalue weighted by atomic mass is 10.0. The molecule has 4 rings (SSSR count). The number of hydrogen-bond donors (Lipinski definition) is 2. The highest BCUT2D eigenvalue weighted by atomic mass is 32.2. The molecule has 2 heterocycles. The predicted molar refractivity (Wildman–Crippen MR) is 124 cm³/mol. The largest absolute Gasteiger partial charge is 0.478 e. The Morgan fingerprint density at radius 1 is 1.15 bits per heavy atom. The van der Waals surface area contributed by atoms with Crippen LogP contribution in [0.1, 0.15) is 21.7 Å². The number of carboxylic acids is 1. The first-order chi connectivity index (χ1) is 16.2. The van der Waals surface area contributed by atoms with Crippen LogP contribution in [0.25, 0.3) is 17.4 Å². The molecule has 0 radical (unpaired) electrons. The van der Waals surface area contributed by atoms with E-state index in [2.05, 4.69) is 5.32 Å². The number of rotatable bonds is 6. The van der Waals surface area contributed by atoms with E-state index in [-0.39, 0.29) is 21.9 Å². The summed E-state index contributed by atoms with van der Waals surface area (Å²) in [6, 6.07) is 13.1. The Hall–Kier alpha value is -4.18. The highest BCUT2D eigenvalue weighted by Crippen LogP contribution is 2.34. The van der Waals surface area contributed by atoms with Gasteiger partial charge in [0, 0.05) is 17.3 Å². The van der Waals surface area contributed by atoms with Gasteiger partial charge in [-0.15, -0.1) is 0 Å². The molecule has 8 nitrogen and oxygen atoms in total. The molecule has 1 aromatic heterocycles. The van der Waals surface area contributed by atoms with E-state index in [4.69, 9.17) is 4.42 Å². The van der Waals surface area contributed by atoms with Crippen LogP contribution in [0.2, 0.25) is 0 Å². The molecule has 2 aromatic carbocycles. The van der Waals surface area contributed by atoms with Crippen molar-refractivity contribution in [3.63, 3.8) is 0 Å². The molecule has 0 unspecified atom stereocenters. The van der Waals surface area contributed by atoms with Crippen LogP contribution in [0.3, 0.4) is 0 Å². The van der Waals surface area contributed by atoms with E-state index < -0.39 is 35.4 Å². The first-order valence-electron chi connectivity index (χ1n) is 9.96. The van der Waals surface area contributed by atoms with Crippen LogP contribution in [-0.2, 0) is 9.59 Å². The Morgan fingerprint density at radius 2 is 1.94 bits per heavy atom. The van der Waals surface area contributed by atoms with E-state index in [1.807, 2.05) is 6.92 Å². The number of nitrogens with zero attached hydrogens (tertiary/aromatic N) is 1.